The van der Waals surface area contributed by atoms with Crippen LogP contribution in [0.3, 0.4) is 0 Å². The fourth-order valence-corrected chi connectivity index (χ4v) is 2.58. The molecule has 1 N–H and O–H groups in total. The Morgan fingerprint density at radius 1 is 1.29 bits per heavy atom. The topological polar surface area (TPSA) is 24.9 Å². The Hall–Kier alpha value is -1.19. The van der Waals surface area contributed by atoms with Crippen LogP contribution in [0.25, 0.3) is 0 Å². The molecule has 0 amide bonds. The molecule has 118 valence electrons. The number of rotatable bonds is 4. The predicted molar refractivity (Wildman–Crippen MR) is 86.2 cm³/mol. The van der Waals surface area contributed by atoms with Crippen LogP contribution in [-0.4, -0.2) is 4.98 Å². The van der Waals surface area contributed by atoms with E-state index in [4.69, 9.17) is 0 Å². The average Bonchev–Trinajstić information content (AvgIpc) is 3.19. The van der Waals surface area contributed by atoms with Crippen LogP contribution in [0.4, 0.5) is 0 Å². The molecule has 0 fully saturated rings. The minimum absolute atomic E-state index is 0. The van der Waals surface area contributed by atoms with Crippen LogP contribution in [-0.2, 0) is 23.6 Å². The second-order valence-corrected chi connectivity index (χ2v) is 5.93. The molecule has 3 aromatic rings. The zero-order chi connectivity index (χ0) is 14.2. The van der Waals surface area contributed by atoms with Gasteiger partial charge in [0.25, 0.3) is 0 Å². The molecule has 0 radical (unpaired) electrons. The molecule has 2 aromatic carbocycles. The Bertz CT molecular complexity index is 553. The zero-order valence-electron chi connectivity index (χ0n) is 12.3. The molecule has 1 aromatic heterocycles. The zero-order valence-corrected chi connectivity index (χ0v) is 14.2. The van der Waals surface area contributed by atoms with E-state index in [-0.39, 0.29) is 17.1 Å². The Kier molecular flexibility index (Phi) is 8.24. The summed E-state index contributed by atoms with van der Waals surface area (Å²) >= 11 is 1.76. The van der Waals surface area contributed by atoms with Crippen molar-refractivity contribution in [1.29, 1.82) is 0 Å². The van der Waals surface area contributed by atoms with Gasteiger partial charge >= 0.3 is 0 Å². The van der Waals surface area contributed by atoms with Crippen molar-refractivity contribution < 1.29 is 17.1 Å². The van der Waals surface area contributed by atoms with E-state index in [1.165, 1.54) is 15.4 Å². The third-order valence-corrected chi connectivity index (χ3v) is 4.00. The Morgan fingerprint density at radius 2 is 1.95 bits per heavy atom. The molecule has 0 aliphatic carbocycles. The van der Waals surface area contributed by atoms with Crippen LogP contribution < -0.4 is 5.32 Å². The molecule has 0 aliphatic heterocycles. The number of nitrogens with one attached hydrogen (secondary N) is 1. The standard InChI is InChI=1S/C12H15N2S.C5H5.Fe/c1-9-7-14-12(15-9)10(2)13-8-11-5-3-4-6-11;1-2-4-5-3-1;/h3-7,10,13H,8H2,1-2H3;1-5H;/q-5;-1;. The minimum Gasteiger partial charge on any atom is -0.748 e. The van der Waals surface area contributed by atoms with Gasteiger partial charge in [0, 0.05) is 28.1 Å². The molecule has 0 saturated carbocycles. The molecule has 1 heterocycles. The van der Waals surface area contributed by atoms with Gasteiger partial charge in [0.15, 0.2) is 0 Å². The van der Waals surface area contributed by atoms with Gasteiger partial charge in [-0.05, 0) is 13.8 Å². The first-order valence-electron chi connectivity index (χ1n) is 6.78. The van der Waals surface area contributed by atoms with Gasteiger partial charge in [0.2, 0.25) is 0 Å². The van der Waals surface area contributed by atoms with Crippen LogP contribution in [0, 0.1) is 6.92 Å². The molecule has 4 heteroatoms. The van der Waals surface area contributed by atoms with Crippen LogP contribution in [0.5, 0.6) is 0 Å². The fraction of sp³-hybridized carbons (Fsp3) is 0.235. The van der Waals surface area contributed by atoms with Crippen molar-refractivity contribution in [3.05, 3.63) is 76.2 Å². The Labute approximate surface area is 141 Å². The number of thiazole rings is 1. The summed E-state index contributed by atoms with van der Waals surface area (Å²) in [4.78, 5) is 5.64. The predicted octanol–water partition coefficient (Wildman–Crippen LogP) is 4.42. The van der Waals surface area contributed by atoms with Crippen LogP contribution in [0.2, 0.25) is 0 Å². The molecular formula is C17H20FeN2S-6. The van der Waals surface area contributed by atoms with Crippen molar-refractivity contribution in [3.63, 3.8) is 0 Å². The molecular weight excluding hydrogens is 320 g/mol. The summed E-state index contributed by atoms with van der Waals surface area (Å²) in [5.74, 6) is 0. The van der Waals surface area contributed by atoms with Crippen molar-refractivity contribution in [3.8, 4) is 0 Å². The molecule has 0 bridgehead atoms. The van der Waals surface area contributed by atoms with Crippen LogP contribution in [0.15, 0.2) is 60.8 Å². The maximum Gasteiger partial charge on any atom is 0.109 e. The van der Waals surface area contributed by atoms with Crippen molar-refractivity contribution in [1.82, 2.24) is 10.3 Å². The van der Waals surface area contributed by atoms with Gasteiger partial charge in [-0.15, -0.1) is 11.3 Å². The van der Waals surface area contributed by atoms with Crippen molar-refractivity contribution in [2.24, 2.45) is 0 Å². The van der Waals surface area contributed by atoms with Crippen molar-refractivity contribution in [2.75, 3.05) is 0 Å². The normalized spacial score (nSPS) is 11.1. The van der Waals surface area contributed by atoms with E-state index in [0.29, 0.717) is 6.04 Å². The van der Waals surface area contributed by atoms with Gasteiger partial charge in [-0.1, -0.05) is 0 Å². The largest absolute Gasteiger partial charge is 0.748 e. The first kappa shape index (κ1) is 17.9. The van der Waals surface area contributed by atoms with E-state index in [1.54, 1.807) is 11.3 Å². The number of aromatic nitrogens is 1. The Balaban J connectivity index is 0.000000313. The van der Waals surface area contributed by atoms with Gasteiger partial charge in [0.05, 0.1) is 6.04 Å². The number of nitrogens with zero attached hydrogens (tertiary/aromatic N) is 1. The maximum atomic E-state index is 4.37. The quantitative estimate of drug-likeness (QED) is 0.562. The molecule has 2 nitrogen and oxygen atoms in total. The smallest absolute Gasteiger partial charge is 0.109 e. The summed E-state index contributed by atoms with van der Waals surface area (Å²) < 4.78 is 0. The van der Waals surface area contributed by atoms with Crippen LogP contribution in [0.1, 0.15) is 28.4 Å². The molecule has 21 heavy (non-hydrogen) atoms. The fourth-order valence-electron chi connectivity index (χ4n) is 1.78. The van der Waals surface area contributed by atoms with E-state index in [1.807, 2.05) is 36.5 Å². The first-order chi connectivity index (χ1) is 9.75. The number of hydrogen-bond acceptors (Lipinski definition) is 3. The minimum atomic E-state index is 0. The van der Waals surface area contributed by atoms with E-state index >= 15 is 0 Å². The third kappa shape index (κ3) is 6.40. The maximum absolute atomic E-state index is 4.37. The van der Waals surface area contributed by atoms with E-state index < -0.39 is 0 Å². The van der Waals surface area contributed by atoms with Gasteiger partial charge < -0.3 is 35.1 Å². The van der Waals surface area contributed by atoms with E-state index in [0.717, 1.165) is 6.54 Å². The monoisotopic (exact) mass is 340 g/mol. The molecule has 0 spiro atoms. The molecule has 1 atom stereocenters. The number of hydrogen-bond donors (Lipinski definition) is 1. The SMILES string of the molecule is Cc1cnc(C(C)NC[c-]2[cH-][cH-][cH-][cH-]2)s1.[Fe].c1cc[cH-]c1. The summed E-state index contributed by atoms with van der Waals surface area (Å²) in [6, 6.07) is 18.7. The molecule has 0 saturated heterocycles. The molecule has 0 aliphatic rings. The molecule has 1 unspecified atom stereocenters. The summed E-state index contributed by atoms with van der Waals surface area (Å²) in [5.41, 5.74) is 1.33. The van der Waals surface area contributed by atoms with E-state index in [9.17, 15) is 0 Å². The van der Waals surface area contributed by atoms with Crippen LogP contribution >= 0.6 is 11.3 Å². The summed E-state index contributed by atoms with van der Waals surface area (Å²) in [6.07, 6.45) is 1.93. The van der Waals surface area contributed by atoms with Gasteiger partial charge in [-0.3, -0.25) is 0 Å². The first-order valence-corrected chi connectivity index (χ1v) is 7.60. The second-order valence-electron chi connectivity index (χ2n) is 4.67. The van der Waals surface area contributed by atoms with Gasteiger partial charge in [-0.2, -0.15) is 24.7 Å². The van der Waals surface area contributed by atoms with Gasteiger partial charge in [-0.25, -0.2) is 17.1 Å². The summed E-state index contributed by atoms with van der Waals surface area (Å²) in [7, 11) is 0. The Morgan fingerprint density at radius 3 is 2.43 bits per heavy atom. The summed E-state index contributed by atoms with van der Waals surface area (Å²) in [5, 5.41) is 4.63. The number of aryl methyl sites for hydroxylation is 1. The van der Waals surface area contributed by atoms with E-state index in [2.05, 4.69) is 48.4 Å². The average molecular weight is 340 g/mol. The van der Waals surface area contributed by atoms with Crippen molar-refractivity contribution in [2.45, 2.75) is 26.4 Å². The van der Waals surface area contributed by atoms with Crippen molar-refractivity contribution >= 4 is 11.3 Å². The summed E-state index contributed by atoms with van der Waals surface area (Å²) in [6.45, 7) is 5.15. The molecule has 3 rings (SSSR count). The van der Waals surface area contributed by atoms with Gasteiger partial charge in [0.1, 0.15) is 5.01 Å². The second kappa shape index (κ2) is 9.69. The third-order valence-electron chi connectivity index (χ3n) is 2.91.